The maximum atomic E-state index is 12.6. The third-order valence-corrected chi connectivity index (χ3v) is 5.12. The molecule has 2 aromatic carbocycles. The van der Waals surface area contributed by atoms with Crippen molar-refractivity contribution in [1.82, 2.24) is 4.98 Å². The fourth-order valence-electron chi connectivity index (χ4n) is 2.73. The molecule has 29 heavy (non-hydrogen) atoms. The van der Waals surface area contributed by atoms with Crippen molar-refractivity contribution in [2.24, 2.45) is 5.92 Å². The van der Waals surface area contributed by atoms with Gasteiger partial charge in [-0.3, -0.25) is 19.7 Å². The summed E-state index contributed by atoms with van der Waals surface area (Å²) in [6.45, 7) is 0. The van der Waals surface area contributed by atoms with Gasteiger partial charge in [-0.15, -0.1) is 11.3 Å². The number of aromatic nitrogens is 1. The van der Waals surface area contributed by atoms with Gasteiger partial charge in [-0.05, 0) is 49.2 Å². The Hall–Kier alpha value is -3.52. The molecule has 7 nitrogen and oxygen atoms in total. The monoisotopic (exact) mass is 406 g/mol. The molecule has 1 fully saturated rings. The SMILES string of the molecule is O=C(Nc1ccccc1C(=O)Nc1nccs1)c1ccc(NC(=O)C2CC2)cc1. The van der Waals surface area contributed by atoms with Gasteiger partial charge in [0.25, 0.3) is 11.8 Å². The van der Waals surface area contributed by atoms with Gasteiger partial charge in [0.2, 0.25) is 5.91 Å². The zero-order chi connectivity index (χ0) is 20.2. The summed E-state index contributed by atoms with van der Waals surface area (Å²) in [7, 11) is 0. The van der Waals surface area contributed by atoms with Gasteiger partial charge in [-0.1, -0.05) is 12.1 Å². The van der Waals surface area contributed by atoms with Crippen molar-refractivity contribution in [1.29, 1.82) is 0 Å². The molecule has 0 saturated heterocycles. The van der Waals surface area contributed by atoms with Gasteiger partial charge in [0.05, 0.1) is 11.3 Å². The Labute approximate surface area is 171 Å². The molecule has 1 heterocycles. The van der Waals surface area contributed by atoms with Gasteiger partial charge in [-0.2, -0.15) is 0 Å². The van der Waals surface area contributed by atoms with Crippen LogP contribution in [0, 0.1) is 5.92 Å². The van der Waals surface area contributed by atoms with Crippen LogP contribution in [0.1, 0.15) is 33.6 Å². The molecule has 1 aliphatic carbocycles. The number of benzene rings is 2. The number of nitrogens with one attached hydrogen (secondary N) is 3. The zero-order valence-corrected chi connectivity index (χ0v) is 16.2. The van der Waals surface area contributed by atoms with Crippen molar-refractivity contribution < 1.29 is 14.4 Å². The van der Waals surface area contributed by atoms with Crippen LogP contribution in [0.25, 0.3) is 0 Å². The average molecular weight is 406 g/mol. The lowest BCUT2D eigenvalue weighted by Crippen LogP contribution is -2.18. The molecule has 3 N–H and O–H groups in total. The molecule has 0 unspecified atom stereocenters. The number of thiazole rings is 1. The first-order valence-corrected chi connectivity index (χ1v) is 10.0. The lowest BCUT2D eigenvalue weighted by molar-refractivity contribution is -0.117. The number of anilines is 3. The van der Waals surface area contributed by atoms with Crippen molar-refractivity contribution in [2.45, 2.75) is 12.8 Å². The lowest BCUT2D eigenvalue weighted by Gasteiger charge is -2.11. The summed E-state index contributed by atoms with van der Waals surface area (Å²) in [4.78, 5) is 41.0. The molecule has 8 heteroatoms. The topological polar surface area (TPSA) is 100 Å². The smallest absolute Gasteiger partial charge is 0.259 e. The minimum Gasteiger partial charge on any atom is -0.326 e. The number of carbonyl (C=O) groups is 3. The molecule has 0 atom stereocenters. The lowest BCUT2D eigenvalue weighted by atomic mass is 10.1. The Morgan fingerprint density at radius 2 is 1.66 bits per heavy atom. The Morgan fingerprint density at radius 3 is 2.34 bits per heavy atom. The summed E-state index contributed by atoms with van der Waals surface area (Å²) >= 11 is 1.31. The summed E-state index contributed by atoms with van der Waals surface area (Å²) in [5.41, 5.74) is 1.81. The van der Waals surface area contributed by atoms with Gasteiger partial charge in [0.15, 0.2) is 5.13 Å². The Kier molecular flexibility index (Phi) is 5.35. The van der Waals surface area contributed by atoms with E-state index in [2.05, 4.69) is 20.9 Å². The first-order valence-electron chi connectivity index (χ1n) is 9.12. The standard InChI is InChI=1S/C21H18N4O3S/c26-18(13-5-6-13)23-15-9-7-14(8-10-15)19(27)24-17-4-2-1-3-16(17)20(28)25-21-22-11-12-29-21/h1-4,7-13H,5-6H2,(H,23,26)(H,24,27)(H,22,25,28). The third-order valence-electron chi connectivity index (χ3n) is 4.44. The summed E-state index contributed by atoms with van der Waals surface area (Å²) in [6.07, 6.45) is 3.47. The first-order chi connectivity index (χ1) is 14.1. The fourth-order valence-corrected chi connectivity index (χ4v) is 3.25. The van der Waals surface area contributed by atoms with Crippen LogP contribution in [0.5, 0.6) is 0 Å². The van der Waals surface area contributed by atoms with E-state index in [9.17, 15) is 14.4 Å². The molecule has 1 aromatic heterocycles. The Bertz CT molecular complexity index is 1040. The van der Waals surface area contributed by atoms with E-state index >= 15 is 0 Å². The van der Waals surface area contributed by atoms with Crippen LogP contribution in [0.2, 0.25) is 0 Å². The van der Waals surface area contributed by atoms with E-state index in [0.29, 0.717) is 27.6 Å². The van der Waals surface area contributed by atoms with Crippen molar-refractivity contribution in [2.75, 3.05) is 16.0 Å². The average Bonchev–Trinajstić information content (AvgIpc) is 3.46. The van der Waals surface area contributed by atoms with Gasteiger partial charge < -0.3 is 10.6 Å². The molecule has 0 spiro atoms. The quantitative estimate of drug-likeness (QED) is 0.576. The second kappa shape index (κ2) is 8.24. The highest BCUT2D eigenvalue weighted by molar-refractivity contribution is 7.13. The van der Waals surface area contributed by atoms with E-state index in [0.717, 1.165) is 12.8 Å². The van der Waals surface area contributed by atoms with E-state index in [1.807, 2.05) is 0 Å². The molecule has 3 amide bonds. The molecular weight excluding hydrogens is 388 g/mol. The van der Waals surface area contributed by atoms with Crippen LogP contribution >= 0.6 is 11.3 Å². The van der Waals surface area contributed by atoms with Crippen molar-refractivity contribution >= 4 is 45.6 Å². The fraction of sp³-hybridized carbons (Fsp3) is 0.143. The molecule has 4 rings (SSSR count). The molecule has 0 radical (unpaired) electrons. The predicted octanol–water partition coefficient (Wildman–Crippen LogP) is 4.00. The normalized spacial score (nSPS) is 12.8. The summed E-state index contributed by atoms with van der Waals surface area (Å²) in [6, 6.07) is 13.4. The van der Waals surface area contributed by atoms with Crippen LogP contribution < -0.4 is 16.0 Å². The molecule has 3 aromatic rings. The van der Waals surface area contributed by atoms with E-state index < -0.39 is 0 Å². The highest BCUT2D eigenvalue weighted by Gasteiger charge is 2.29. The number of para-hydroxylation sites is 1. The largest absolute Gasteiger partial charge is 0.326 e. The predicted molar refractivity (Wildman–Crippen MR) is 112 cm³/mol. The highest BCUT2D eigenvalue weighted by atomic mass is 32.1. The van der Waals surface area contributed by atoms with Crippen LogP contribution in [0.15, 0.2) is 60.1 Å². The summed E-state index contributed by atoms with van der Waals surface area (Å²) < 4.78 is 0. The van der Waals surface area contributed by atoms with Crippen molar-refractivity contribution in [3.8, 4) is 0 Å². The molecular formula is C21H18N4O3S. The van der Waals surface area contributed by atoms with Crippen LogP contribution in [0.4, 0.5) is 16.5 Å². The molecule has 0 aliphatic heterocycles. The molecule has 146 valence electrons. The second-order valence-electron chi connectivity index (χ2n) is 6.63. The number of hydrogen-bond acceptors (Lipinski definition) is 5. The number of nitrogens with zero attached hydrogens (tertiary/aromatic N) is 1. The number of carbonyl (C=O) groups excluding carboxylic acids is 3. The van der Waals surface area contributed by atoms with E-state index in [1.165, 1.54) is 11.3 Å². The van der Waals surface area contributed by atoms with Gasteiger partial charge in [-0.25, -0.2) is 4.98 Å². The second-order valence-corrected chi connectivity index (χ2v) is 7.53. The van der Waals surface area contributed by atoms with E-state index in [-0.39, 0.29) is 23.6 Å². The van der Waals surface area contributed by atoms with Crippen LogP contribution in [0.3, 0.4) is 0 Å². The zero-order valence-electron chi connectivity index (χ0n) is 15.3. The number of hydrogen-bond donors (Lipinski definition) is 3. The van der Waals surface area contributed by atoms with Gasteiger partial charge >= 0.3 is 0 Å². The van der Waals surface area contributed by atoms with Crippen molar-refractivity contribution in [3.05, 3.63) is 71.2 Å². The van der Waals surface area contributed by atoms with Crippen LogP contribution in [-0.2, 0) is 4.79 Å². The third kappa shape index (κ3) is 4.67. The summed E-state index contributed by atoms with van der Waals surface area (Å²) in [5, 5.41) is 10.6. The first kappa shape index (κ1) is 18.8. The van der Waals surface area contributed by atoms with E-state index in [4.69, 9.17) is 0 Å². The highest BCUT2D eigenvalue weighted by Crippen LogP contribution is 2.30. The minimum atomic E-state index is -0.353. The minimum absolute atomic E-state index is 0.0161. The Morgan fingerprint density at radius 1 is 0.897 bits per heavy atom. The number of rotatable bonds is 6. The van der Waals surface area contributed by atoms with Crippen molar-refractivity contribution in [3.63, 3.8) is 0 Å². The summed E-state index contributed by atoms with van der Waals surface area (Å²) in [5.74, 6) is -0.569. The van der Waals surface area contributed by atoms with Gasteiger partial charge in [0.1, 0.15) is 0 Å². The van der Waals surface area contributed by atoms with E-state index in [1.54, 1.807) is 60.1 Å². The molecule has 1 saturated carbocycles. The Balaban J connectivity index is 1.44. The maximum absolute atomic E-state index is 12.6. The molecule has 0 bridgehead atoms. The molecule has 1 aliphatic rings. The van der Waals surface area contributed by atoms with Crippen LogP contribution in [-0.4, -0.2) is 22.7 Å². The number of amides is 3. The van der Waals surface area contributed by atoms with Gasteiger partial charge in [0, 0.05) is 28.7 Å². The maximum Gasteiger partial charge on any atom is 0.259 e.